The van der Waals surface area contributed by atoms with E-state index in [2.05, 4.69) is 5.32 Å². The van der Waals surface area contributed by atoms with E-state index in [9.17, 15) is 9.59 Å². The van der Waals surface area contributed by atoms with Gasteiger partial charge in [-0.1, -0.05) is 35.3 Å². The van der Waals surface area contributed by atoms with Crippen molar-refractivity contribution in [1.82, 2.24) is 9.80 Å². The van der Waals surface area contributed by atoms with Crippen LogP contribution in [0.1, 0.15) is 15.9 Å². The molecule has 0 atom stereocenters. The van der Waals surface area contributed by atoms with Crippen molar-refractivity contribution in [2.45, 2.75) is 6.54 Å². The third-order valence-corrected chi connectivity index (χ3v) is 4.57. The fourth-order valence-electron chi connectivity index (χ4n) is 2.42. The van der Waals surface area contributed by atoms with Crippen LogP contribution in [0.25, 0.3) is 0 Å². The molecule has 0 aliphatic heterocycles. The number of halogens is 2. The lowest BCUT2D eigenvalue weighted by atomic mass is 10.2. The minimum absolute atomic E-state index is 0.0824. The minimum Gasteiger partial charge on any atom is -0.345 e. The lowest BCUT2D eigenvalue weighted by molar-refractivity contribution is -0.117. The van der Waals surface area contributed by atoms with Crippen LogP contribution in [0.5, 0.6) is 0 Å². The molecule has 0 saturated heterocycles. The Balaban J connectivity index is 1.91. The summed E-state index contributed by atoms with van der Waals surface area (Å²) in [5.41, 5.74) is 2.07. The first-order valence-electron chi connectivity index (χ1n) is 8.01. The lowest BCUT2D eigenvalue weighted by Crippen LogP contribution is -2.30. The van der Waals surface area contributed by atoms with Crippen LogP contribution in [0.4, 0.5) is 5.69 Å². The highest BCUT2D eigenvalue weighted by Crippen LogP contribution is 2.26. The first-order valence-corrected chi connectivity index (χ1v) is 8.76. The molecule has 5 nitrogen and oxygen atoms in total. The first-order chi connectivity index (χ1) is 12.3. The van der Waals surface area contributed by atoms with Gasteiger partial charge < -0.3 is 10.2 Å². The van der Waals surface area contributed by atoms with Gasteiger partial charge in [0.05, 0.1) is 16.6 Å². The third-order valence-electron chi connectivity index (χ3n) is 3.71. The Morgan fingerprint density at radius 3 is 2.27 bits per heavy atom. The van der Waals surface area contributed by atoms with E-state index in [0.717, 1.165) is 5.56 Å². The molecule has 7 heteroatoms. The van der Waals surface area contributed by atoms with E-state index in [0.29, 0.717) is 27.8 Å². The molecule has 0 bridgehead atoms. The van der Waals surface area contributed by atoms with E-state index in [-0.39, 0.29) is 18.4 Å². The Kier molecular flexibility index (Phi) is 7.03. The summed E-state index contributed by atoms with van der Waals surface area (Å²) in [6, 6.07) is 12.2. The molecule has 138 valence electrons. The second kappa shape index (κ2) is 9.03. The number of anilines is 1. The lowest BCUT2D eigenvalue weighted by Gasteiger charge is -2.17. The van der Waals surface area contributed by atoms with Gasteiger partial charge in [-0.25, -0.2) is 0 Å². The zero-order valence-electron chi connectivity index (χ0n) is 14.9. The van der Waals surface area contributed by atoms with Crippen LogP contribution in [0, 0.1) is 0 Å². The quantitative estimate of drug-likeness (QED) is 0.812. The van der Waals surface area contributed by atoms with E-state index < -0.39 is 0 Å². The molecular formula is C19H21Cl2N3O2. The van der Waals surface area contributed by atoms with Gasteiger partial charge in [0, 0.05) is 31.9 Å². The number of nitrogens with zero attached hydrogens (tertiary/aromatic N) is 2. The summed E-state index contributed by atoms with van der Waals surface area (Å²) in [6.45, 7) is 0.699. The number of amides is 2. The maximum absolute atomic E-state index is 12.2. The van der Waals surface area contributed by atoms with Crippen LogP contribution < -0.4 is 5.32 Å². The Bertz CT molecular complexity index is 792. The average molecular weight is 394 g/mol. The topological polar surface area (TPSA) is 52.7 Å². The molecule has 0 spiro atoms. The van der Waals surface area contributed by atoms with Crippen LogP contribution in [0.15, 0.2) is 42.5 Å². The summed E-state index contributed by atoms with van der Waals surface area (Å²) in [7, 11) is 5.22. The van der Waals surface area contributed by atoms with Gasteiger partial charge >= 0.3 is 0 Å². The van der Waals surface area contributed by atoms with Gasteiger partial charge in [-0.2, -0.15) is 0 Å². The van der Waals surface area contributed by atoms with Crippen molar-refractivity contribution >= 4 is 40.7 Å². The summed E-state index contributed by atoms with van der Waals surface area (Å²) in [4.78, 5) is 27.4. The zero-order chi connectivity index (χ0) is 19.3. The van der Waals surface area contributed by atoms with Crippen LogP contribution >= 0.6 is 23.2 Å². The number of rotatable bonds is 6. The molecule has 0 saturated carbocycles. The average Bonchev–Trinajstić information content (AvgIpc) is 2.58. The molecule has 0 fully saturated rings. The van der Waals surface area contributed by atoms with E-state index in [4.69, 9.17) is 23.2 Å². The molecule has 0 aliphatic carbocycles. The van der Waals surface area contributed by atoms with E-state index in [1.165, 1.54) is 4.90 Å². The number of nitrogens with one attached hydrogen (secondary N) is 1. The number of hydrogen-bond acceptors (Lipinski definition) is 3. The van der Waals surface area contributed by atoms with Gasteiger partial charge in [0.25, 0.3) is 5.91 Å². The molecule has 0 radical (unpaired) electrons. The molecular weight excluding hydrogens is 373 g/mol. The van der Waals surface area contributed by atoms with Crippen LogP contribution in [-0.4, -0.2) is 49.3 Å². The fraction of sp³-hybridized carbons (Fsp3) is 0.263. The number of likely N-dealkylation sites (N-methyl/N-ethyl adjacent to an activating group) is 1. The Morgan fingerprint density at radius 2 is 1.65 bits per heavy atom. The van der Waals surface area contributed by atoms with E-state index >= 15 is 0 Å². The monoisotopic (exact) mass is 393 g/mol. The standard InChI is InChI=1S/C19H21Cl2N3O2/c1-23(2)19(26)13-7-9-15(10-8-13)22-17(25)12-24(3)11-14-5-4-6-16(20)18(14)21/h4-10H,11-12H2,1-3H3,(H,22,25). The molecule has 26 heavy (non-hydrogen) atoms. The predicted molar refractivity (Wildman–Crippen MR) is 106 cm³/mol. The smallest absolute Gasteiger partial charge is 0.253 e. The first kappa shape index (κ1) is 20.2. The molecule has 0 aromatic heterocycles. The fourth-order valence-corrected chi connectivity index (χ4v) is 2.80. The molecule has 1 N–H and O–H groups in total. The minimum atomic E-state index is -0.155. The van der Waals surface area contributed by atoms with Gasteiger partial charge in [0.2, 0.25) is 5.91 Å². The van der Waals surface area contributed by atoms with Crippen LogP contribution in [-0.2, 0) is 11.3 Å². The SMILES string of the molecule is CN(CC(=O)Nc1ccc(C(=O)N(C)C)cc1)Cc1cccc(Cl)c1Cl. The van der Waals surface area contributed by atoms with Gasteiger partial charge in [0.15, 0.2) is 0 Å². The van der Waals surface area contributed by atoms with E-state index in [1.807, 2.05) is 24.1 Å². The number of carbonyl (C=O) groups is 2. The highest BCUT2D eigenvalue weighted by atomic mass is 35.5. The Labute approximate surface area is 163 Å². The molecule has 0 unspecified atom stereocenters. The van der Waals surface area contributed by atoms with Gasteiger partial charge in [-0.15, -0.1) is 0 Å². The van der Waals surface area contributed by atoms with Crippen molar-refractivity contribution in [3.05, 3.63) is 63.6 Å². The largest absolute Gasteiger partial charge is 0.345 e. The van der Waals surface area contributed by atoms with Gasteiger partial charge in [-0.05, 0) is 42.9 Å². The number of benzene rings is 2. The van der Waals surface area contributed by atoms with Crippen molar-refractivity contribution in [2.24, 2.45) is 0 Å². The van der Waals surface area contributed by atoms with Crippen LogP contribution in [0.3, 0.4) is 0 Å². The summed E-state index contributed by atoms with van der Waals surface area (Å²) in [5.74, 6) is -0.238. The summed E-state index contributed by atoms with van der Waals surface area (Å²) in [6.07, 6.45) is 0. The van der Waals surface area contributed by atoms with Crippen LogP contribution in [0.2, 0.25) is 10.0 Å². The normalized spacial score (nSPS) is 10.7. The second-order valence-corrected chi connectivity index (χ2v) is 7.00. The van der Waals surface area contributed by atoms with Gasteiger partial charge in [-0.3, -0.25) is 14.5 Å². The maximum Gasteiger partial charge on any atom is 0.253 e. The molecule has 2 aromatic carbocycles. The van der Waals surface area contributed by atoms with E-state index in [1.54, 1.807) is 44.4 Å². The van der Waals surface area contributed by atoms with Crippen molar-refractivity contribution < 1.29 is 9.59 Å². The van der Waals surface area contributed by atoms with Crippen molar-refractivity contribution in [3.63, 3.8) is 0 Å². The summed E-state index contributed by atoms with van der Waals surface area (Å²) in [5, 5.41) is 3.81. The third kappa shape index (κ3) is 5.46. The van der Waals surface area contributed by atoms with Crippen molar-refractivity contribution in [1.29, 1.82) is 0 Å². The number of hydrogen-bond donors (Lipinski definition) is 1. The molecule has 2 aromatic rings. The zero-order valence-corrected chi connectivity index (χ0v) is 16.4. The molecule has 2 amide bonds. The molecule has 2 rings (SSSR count). The molecule has 0 heterocycles. The highest BCUT2D eigenvalue weighted by molar-refractivity contribution is 6.42. The second-order valence-electron chi connectivity index (χ2n) is 6.21. The number of carbonyl (C=O) groups excluding carboxylic acids is 2. The Hall–Kier alpha value is -2.08. The van der Waals surface area contributed by atoms with Gasteiger partial charge in [0.1, 0.15) is 0 Å². The summed E-state index contributed by atoms with van der Waals surface area (Å²) < 4.78 is 0. The summed E-state index contributed by atoms with van der Waals surface area (Å²) >= 11 is 12.2. The molecule has 0 aliphatic rings. The van der Waals surface area contributed by atoms with Crippen molar-refractivity contribution in [2.75, 3.05) is 33.0 Å². The van der Waals surface area contributed by atoms with Crippen molar-refractivity contribution in [3.8, 4) is 0 Å². The maximum atomic E-state index is 12.2. The Morgan fingerprint density at radius 1 is 1.00 bits per heavy atom. The predicted octanol–water partition coefficient (Wildman–Crippen LogP) is 3.77. The highest BCUT2D eigenvalue weighted by Gasteiger charge is 2.12.